The van der Waals surface area contributed by atoms with E-state index in [1.54, 1.807) is 0 Å². The van der Waals surface area contributed by atoms with Crippen molar-refractivity contribution >= 4 is 34.6 Å². The van der Waals surface area contributed by atoms with Crippen molar-refractivity contribution in [2.45, 2.75) is 26.4 Å². The third kappa shape index (κ3) is 8.78. The molecule has 0 aliphatic rings. The van der Waals surface area contributed by atoms with Crippen LogP contribution in [0.2, 0.25) is 0 Å². The first kappa shape index (κ1) is 32.3. The van der Waals surface area contributed by atoms with Crippen LogP contribution in [-0.2, 0) is 15.8 Å². The molecule has 1 atom stereocenters. The van der Waals surface area contributed by atoms with E-state index in [9.17, 15) is 56.0 Å². The molecule has 214 valence electrons. The van der Waals surface area contributed by atoms with E-state index in [4.69, 9.17) is 0 Å². The number of alkyl halides is 3. The van der Waals surface area contributed by atoms with E-state index in [2.05, 4.69) is 0 Å². The molecule has 41 heavy (non-hydrogen) atoms. The molecule has 0 saturated carbocycles. The van der Waals surface area contributed by atoms with E-state index in [-0.39, 0.29) is 35.4 Å². The highest BCUT2D eigenvalue weighted by atomic mass is 19.4. The molecule has 8 nitrogen and oxygen atoms in total. The Balaban J connectivity index is 0.000000377. The molecule has 0 aliphatic heterocycles. The molecule has 3 aromatic carbocycles. The van der Waals surface area contributed by atoms with Crippen LogP contribution in [0.15, 0.2) is 66.7 Å². The van der Waals surface area contributed by atoms with Crippen LogP contribution in [-0.4, -0.2) is 33.8 Å². The highest BCUT2D eigenvalue weighted by Gasteiger charge is 2.38. The van der Waals surface area contributed by atoms with E-state index < -0.39 is 57.0 Å². The number of hydrogen-bond donors (Lipinski definition) is 0. The lowest BCUT2D eigenvalue weighted by molar-refractivity contribution is -0.385. The number of rotatable bonds is 9. The Hall–Kier alpha value is -4.94. The van der Waals surface area contributed by atoms with E-state index in [1.165, 1.54) is 31.2 Å². The molecule has 0 heterocycles. The van der Waals surface area contributed by atoms with Gasteiger partial charge in [-0.05, 0) is 74.5 Å². The van der Waals surface area contributed by atoms with E-state index in [0.717, 1.165) is 31.2 Å². The Morgan fingerprint density at radius 2 is 1.27 bits per heavy atom. The van der Waals surface area contributed by atoms with Crippen molar-refractivity contribution < 1.29 is 50.8 Å². The third-order valence-corrected chi connectivity index (χ3v) is 5.42. The summed E-state index contributed by atoms with van der Waals surface area (Å²) in [5.74, 6) is -6.87. The van der Waals surface area contributed by atoms with Gasteiger partial charge >= 0.3 is 6.18 Å². The van der Waals surface area contributed by atoms with Gasteiger partial charge in [-0.2, -0.15) is 13.2 Å². The van der Waals surface area contributed by atoms with Crippen molar-refractivity contribution in [1.29, 1.82) is 0 Å². The second kappa shape index (κ2) is 13.4. The predicted molar refractivity (Wildman–Crippen MR) is 133 cm³/mol. The van der Waals surface area contributed by atoms with Crippen molar-refractivity contribution in [1.82, 2.24) is 0 Å². The standard InChI is InChI=1S/C18H11F4NO5.C10H9FO2/c1-9(24)15(16(25)10-2-5-12(19)6-3-10)17(26)13-7-4-11(18(20,21)22)8-14(13)23(27)28;1-7(12)6-10(13)8-2-4-9(11)5-3-8/h2-8,15H,1H3;2-5H,6H2,1H3. The van der Waals surface area contributed by atoms with E-state index in [1.807, 2.05) is 0 Å². The predicted octanol–water partition coefficient (Wildman–Crippen LogP) is 6.01. The highest BCUT2D eigenvalue weighted by Crippen LogP contribution is 2.34. The second-order valence-corrected chi connectivity index (χ2v) is 8.57. The number of nitrogens with zero attached hydrogens (tertiary/aromatic N) is 1. The van der Waals surface area contributed by atoms with Crippen molar-refractivity contribution in [3.8, 4) is 0 Å². The molecule has 3 rings (SSSR count). The topological polar surface area (TPSA) is 128 Å². The minimum atomic E-state index is -4.89. The molecular formula is C28H20F5NO7. The minimum Gasteiger partial charge on any atom is -0.300 e. The first-order valence-electron chi connectivity index (χ1n) is 11.5. The maximum Gasteiger partial charge on any atom is 0.416 e. The maximum atomic E-state index is 13.0. The normalized spacial score (nSPS) is 11.5. The fraction of sp³-hybridized carbons (Fsp3) is 0.179. The zero-order chi connectivity index (χ0) is 31.1. The van der Waals surface area contributed by atoms with Crippen LogP contribution in [0.3, 0.4) is 0 Å². The summed E-state index contributed by atoms with van der Waals surface area (Å²) < 4.78 is 63.8. The van der Waals surface area contributed by atoms with Gasteiger partial charge in [-0.15, -0.1) is 0 Å². The smallest absolute Gasteiger partial charge is 0.300 e. The first-order valence-corrected chi connectivity index (χ1v) is 11.5. The van der Waals surface area contributed by atoms with Gasteiger partial charge in [0, 0.05) is 17.2 Å². The minimum absolute atomic E-state index is 0.119. The molecule has 0 aromatic heterocycles. The largest absolute Gasteiger partial charge is 0.416 e. The van der Waals surface area contributed by atoms with Gasteiger partial charge in [0.1, 0.15) is 29.1 Å². The summed E-state index contributed by atoms with van der Waals surface area (Å²) in [6.07, 6.45) is -5.01. The molecule has 0 bridgehead atoms. The van der Waals surface area contributed by atoms with Crippen molar-refractivity contribution in [2.24, 2.45) is 5.92 Å². The lowest BCUT2D eigenvalue weighted by Crippen LogP contribution is -2.31. The highest BCUT2D eigenvalue weighted by molar-refractivity contribution is 6.28. The number of carbonyl (C=O) groups excluding carboxylic acids is 5. The summed E-state index contributed by atoms with van der Waals surface area (Å²) in [7, 11) is 0. The quantitative estimate of drug-likeness (QED) is 0.100. The zero-order valence-electron chi connectivity index (χ0n) is 21.3. The lowest BCUT2D eigenvalue weighted by Gasteiger charge is -2.13. The Morgan fingerprint density at radius 1 is 0.780 bits per heavy atom. The number of halogens is 5. The van der Waals surface area contributed by atoms with Crippen LogP contribution in [0.1, 0.15) is 56.9 Å². The fourth-order valence-electron chi connectivity index (χ4n) is 3.46. The number of Topliss-reactive ketones (excluding diaryl/α,β-unsaturated/α-hetero) is 5. The molecule has 3 aromatic rings. The zero-order valence-corrected chi connectivity index (χ0v) is 21.3. The van der Waals surface area contributed by atoms with Gasteiger partial charge in [0.25, 0.3) is 5.69 Å². The van der Waals surface area contributed by atoms with Gasteiger partial charge in [0.2, 0.25) is 0 Å². The van der Waals surface area contributed by atoms with Gasteiger partial charge in [-0.25, -0.2) is 8.78 Å². The van der Waals surface area contributed by atoms with Crippen LogP contribution >= 0.6 is 0 Å². The summed E-state index contributed by atoms with van der Waals surface area (Å²) in [4.78, 5) is 68.8. The Labute approximate surface area is 228 Å². The molecule has 1 unspecified atom stereocenters. The van der Waals surface area contributed by atoms with E-state index >= 15 is 0 Å². The molecule has 0 aliphatic carbocycles. The summed E-state index contributed by atoms with van der Waals surface area (Å²) in [6, 6.07) is 10.2. The van der Waals surface area contributed by atoms with Gasteiger partial charge < -0.3 is 0 Å². The molecule has 0 amide bonds. The Bertz CT molecular complexity index is 1500. The van der Waals surface area contributed by atoms with Gasteiger partial charge in [0.15, 0.2) is 17.3 Å². The van der Waals surface area contributed by atoms with Crippen LogP contribution in [0.25, 0.3) is 0 Å². The molecule has 0 radical (unpaired) electrons. The van der Waals surface area contributed by atoms with Gasteiger partial charge in [-0.1, -0.05) is 0 Å². The average Bonchev–Trinajstić information content (AvgIpc) is 2.88. The van der Waals surface area contributed by atoms with Gasteiger partial charge in [-0.3, -0.25) is 34.1 Å². The molecule has 0 fully saturated rings. The number of carbonyl (C=O) groups is 5. The molecule has 0 saturated heterocycles. The van der Waals surface area contributed by atoms with Crippen molar-refractivity contribution in [2.75, 3.05) is 0 Å². The maximum absolute atomic E-state index is 13.0. The molecule has 0 spiro atoms. The van der Waals surface area contributed by atoms with Crippen molar-refractivity contribution in [3.05, 3.63) is 111 Å². The number of benzene rings is 3. The number of hydrogen-bond acceptors (Lipinski definition) is 7. The van der Waals surface area contributed by atoms with E-state index in [0.29, 0.717) is 17.7 Å². The van der Waals surface area contributed by atoms with Crippen LogP contribution in [0.4, 0.5) is 27.6 Å². The monoisotopic (exact) mass is 577 g/mol. The number of ketones is 5. The summed E-state index contributed by atoms with van der Waals surface area (Å²) >= 11 is 0. The van der Waals surface area contributed by atoms with Gasteiger partial charge in [0.05, 0.1) is 22.5 Å². The number of nitro groups is 1. The Morgan fingerprint density at radius 3 is 1.68 bits per heavy atom. The molecule has 13 heteroatoms. The SMILES string of the molecule is CC(=O)C(C(=O)c1ccc(F)cc1)C(=O)c1ccc(C(F)(F)F)cc1[N+](=O)[O-].CC(=O)CC(=O)c1ccc(F)cc1. The Kier molecular flexibility index (Phi) is 10.6. The summed E-state index contributed by atoms with van der Waals surface area (Å²) in [6.45, 7) is 2.24. The molecular weight excluding hydrogens is 557 g/mol. The van der Waals surface area contributed by atoms with Crippen LogP contribution in [0.5, 0.6) is 0 Å². The lowest BCUT2D eigenvalue weighted by atomic mass is 9.86. The van der Waals surface area contributed by atoms with Crippen molar-refractivity contribution in [3.63, 3.8) is 0 Å². The molecule has 0 N–H and O–H groups in total. The summed E-state index contributed by atoms with van der Waals surface area (Å²) in [5.41, 5.74) is -3.19. The first-order chi connectivity index (χ1) is 19.0. The second-order valence-electron chi connectivity index (χ2n) is 8.57. The summed E-state index contributed by atoms with van der Waals surface area (Å²) in [5, 5.41) is 11.1. The third-order valence-electron chi connectivity index (χ3n) is 5.42. The van der Waals surface area contributed by atoms with Crippen LogP contribution < -0.4 is 0 Å². The average molecular weight is 577 g/mol. The fourth-order valence-corrected chi connectivity index (χ4v) is 3.46. The van der Waals surface area contributed by atoms with Crippen LogP contribution in [0, 0.1) is 27.7 Å². The number of nitro benzene ring substituents is 1.